The first kappa shape index (κ1) is 25.2. The zero-order valence-electron chi connectivity index (χ0n) is 18.3. The average Bonchev–Trinajstić information content (AvgIpc) is 2.79. The first-order valence-corrected chi connectivity index (χ1v) is 11.0. The van der Waals surface area contributed by atoms with Crippen LogP contribution in [0, 0.1) is 0 Å². The first-order chi connectivity index (χ1) is 16.1. The molecule has 0 saturated heterocycles. The van der Waals surface area contributed by atoms with E-state index in [0.717, 1.165) is 17.7 Å². The molecule has 0 radical (unpaired) electrons. The van der Waals surface area contributed by atoms with Gasteiger partial charge in [-0.25, -0.2) is 4.98 Å². The Hall–Kier alpha value is -3.44. The fraction of sp³-hybridized carbons (Fsp3) is 0.217. The summed E-state index contributed by atoms with van der Waals surface area (Å²) in [5.41, 5.74) is 0.375. The summed E-state index contributed by atoms with van der Waals surface area (Å²) < 4.78 is 38.4. The van der Waals surface area contributed by atoms with Gasteiger partial charge in [-0.1, -0.05) is 11.8 Å². The Balaban J connectivity index is 1.81. The molecule has 2 N–H and O–H groups in total. The van der Waals surface area contributed by atoms with Crippen molar-refractivity contribution >= 4 is 29.3 Å². The maximum atomic E-state index is 12.9. The molecule has 1 unspecified atom stereocenters. The Morgan fingerprint density at radius 2 is 1.71 bits per heavy atom. The number of nitrogens with zero attached hydrogens (tertiary/aromatic N) is 3. The molecular weight excluding hydrogens is 467 g/mol. The Morgan fingerprint density at radius 3 is 2.32 bits per heavy atom. The number of aromatic nitrogens is 2. The van der Waals surface area contributed by atoms with Gasteiger partial charge in [-0.15, -0.1) is 0 Å². The number of carbonyl (C=O) groups is 2. The number of pyridine rings is 2. The summed E-state index contributed by atoms with van der Waals surface area (Å²) >= 11 is 1.17. The monoisotopic (exact) mass is 489 g/mol. The quantitative estimate of drug-likeness (QED) is 0.364. The maximum Gasteiger partial charge on any atom is 0.416 e. The number of hydrogen-bond donors (Lipinski definition) is 2. The van der Waals surface area contributed by atoms with E-state index in [4.69, 9.17) is 0 Å². The van der Waals surface area contributed by atoms with E-state index in [9.17, 15) is 22.8 Å². The first-order valence-electron chi connectivity index (χ1n) is 10.1. The highest BCUT2D eigenvalue weighted by Crippen LogP contribution is 2.34. The van der Waals surface area contributed by atoms with Gasteiger partial charge in [0.05, 0.1) is 17.7 Å². The Bertz CT molecular complexity index is 1130. The number of alkyl halides is 3. The number of halogens is 3. The smallest absolute Gasteiger partial charge is 0.339 e. The molecule has 3 rings (SSSR count). The summed E-state index contributed by atoms with van der Waals surface area (Å²) in [7, 11) is 3.55. The van der Waals surface area contributed by atoms with Crippen LogP contribution in [0.1, 0.15) is 26.9 Å². The Labute approximate surface area is 198 Å². The Kier molecular flexibility index (Phi) is 8.24. The van der Waals surface area contributed by atoms with Crippen molar-refractivity contribution in [1.82, 2.24) is 20.2 Å². The van der Waals surface area contributed by atoms with E-state index >= 15 is 0 Å². The normalized spacial score (nSPS) is 12.3. The van der Waals surface area contributed by atoms with Crippen LogP contribution < -0.4 is 10.6 Å². The maximum absolute atomic E-state index is 12.9. The molecule has 0 bridgehead atoms. The van der Waals surface area contributed by atoms with Gasteiger partial charge in [-0.05, 0) is 68.2 Å². The number of nitrogens with one attached hydrogen (secondary N) is 2. The molecule has 0 saturated carbocycles. The standard InChI is InChI=1S/C23H22F3N5O2S/c1-31(2)14-19(32)30-21(15-9-12-27-13-10-15)34-22-18(4-3-11-28-22)20(33)29-17-7-5-16(6-8-17)23(24,25)26/h3-13,21H,14H2,1-2H3,(H,29,33)(H,30,32). The van der Waals surface area contributed by atoms with Gasteiger partial charge in [0, 0.05) is 24.3 Å². The van der Waals surface area contributed by atoms with Gasteiger partial charge in [0.15, 0.2) is 0 Å². The Morgan fingerprint density at radius 1 is 1.03 bits per heavy atom. The van der Waals surface area contributed by atoms with Crippen LogP contribution in [0.2, 0.25) is 0 Å². The molecule has 0 spiro atoms. The van der Waals surface area contributed by atoms with Crippen LogP contribution >= 0.6 is 11.8 Å². The van der Waals surface area contributed by atoms with Crippen LogP contribution in [0.15, 0.2) is 72.1 Å². The van der Waals surface area contributed by atoms with Gasteiger partial charge < -0.3 is 15.5 Å². The largest absolute Gasteiger partial charge is 0.416 e. The highest BCUT2D eigenvalue weighted by atomic mass is 32.2. The molecule has 2 heterocycles. The number of likely N-dealkylation sites (N-methyl/N-ethyl adjacent to an activating group) is 1. The molecule has 2 aromatic heterocycles. The minimum atomic E-state index is -4.46. The predicted octanol–water partition coefficient (Wildman–Crippen LogP) is 4.22. The lowest BCUT2D eigenvalue weighted by Gasteiger charge is -2.20. The molecule has 0 aliphatic heterocycles. The molecule has 1 atom stereocenters. The van der Waals surface area contributed by atoms with Crippen LogP contribution in [0.4, 0.5) is 18.9 Å². The number of carbonyl (C=O) groups excluding carboxylic acids is 2. The molecule has 11 heteroatoms. The second kappa shape index (κ2) is 11.1. The molecule has 0 aliphatic rings. The van der Waals surface area contributed by atoms with Crippen LogP contribution in [0.5, 0.6) is 0 Å². The van der Waals surface area contributed by atoms with Gasteiger partial charge in [0.2, 0.25) is 5.91 Å². The van der Waals surface area contributed by atoms with E-state index in [0.29, 0.717) is 5.03 Å². The van der Waals surface area contributed by atoms with Gasteiger partial charge in [0.1, 0.15) is 10.4 Å². The summed E-state index contributed by atoms with van der Waals surface area (Å²) in [6.07, 6.45) is 0.243. The molecule has 178 valence electrons. The highest BCUT2D eigenvalue weighted by molar-refractivity contribution is 7.99. The van der Waals surface area contributed by atoms with Crippen molar-refractivity contribution in [3.63, 3.8) is 0 Å². The number of hydrogen-bond acceptors (Lipinski definition) is 6. The van der Waals surface area contributed by atoms with E-state index in [2.05, 4.69) is 20.6 Å². The summed E-state index contributed by atoms with van der Waals surface area (Å²) in [5, 5.41) is 5.31. The van der Waals surface area contributed by atoms with E-state index < -0.39 is 23.0 Å². The minimum absolute atomic E-state index is 0.172. The van der Waals surface area contributed by atoms with Gasteiger partial charge in [-0.2, -0.15) is 13.2 Å². The zero-order valence-corrected chi connectivity index (χ0v) is 19.2. The van der Waals surface area contributed by atoms with Crippen molar-refractivity contribution in [2.24, 2.45) is 0 Å². The summed E-state index contributed by atoms with van der Waals surface area (Å²) in [6.45, 7) is 0.172. The third-order valence-electron chi connectivity index (χ3n) is 4.48. The lowest BCUT2D eigenvalue weighted by Crippen LogP contribution is -2.35. The van der Waals surface area contributed by atoms with Gasteiger partial charge in [0.25, 0.3) is 5.91 Å². The third-order valence-corrected chi connectivity index (χ3v) is 5.65. The van der Waals surface area contributed by atoms with Crippen LogP contribution in [-0.2, 0) is 11.0 Å². The van der Waals surface area contributed by atoms with Gasteiger partial charge in [-0.3, -0.25) is 14.6 Å². The number of anilines is 1. The van der Waals surface area contributed by atoms with Gasteiger partial charge >= 0.3 is 6.18 Å². The van der Waals surface area contributed by atoms with Crippen molar-refractivity contribution in [1.29, 1.82) is 0 Å². The van der Waals surface area contributed by atoms with E-state index in [1.165, 1.54) is 30.1 Å². The van der Waals surface area contributed by atoms with Crippen molar-refractivity contribution in [3.8, 4) is 0 Å². The number of benzene rings is 1. The minimum Gasteiger partial charge on any atom is -0.339 e. The second-order valence-corrected chi connectivity index (χ2v) is 8.56. The molecule has 1 aromatic carbocycles. The fourth-order valence-electron chi connectivity index (χ4n) is 2.91. The molecule has 0 aliphatic carbocycles. The molecule has 3 aromatic rings. The SMILES string of the molecule is CN(C)CC(=O)NC(Sc1ncccc1C(=O)Nc1ccc(C(F)(F)F)cc1)c1ccncc1. The summed E-state index contributed by atoms with van der Waals surface area (Å²) in [5.74, 6) is -0.755. The highest BCUT2D eigenvalue weighted by Gasteiger charge is 2.30. The summed E-state index contributed by atoms with van der Waals surface area (Å²) in [6, 6.07) is 10.8. The van der Waals surface area contributed by atoms with Crippen molar-refractivity contribution in [3.05, 3.63) is 83.8 Å². The van der Waals surface area contributed by atoms with Crippen molar-refractivity contribution in [2.45, 2.75) is 16.6 Å². The van der Waals surface area contributed by atoms with Crippen LogP contribution in [0.25, 0.3) is 0 Å². The number of rotatable bonds is 8. The van der Waals surface area contributed by atoms with Crippen molar-refractivity contribution in [2.75, 3.05) is 26.0 Å². The fourth-order valence-corrected chi connectivity index (χ4v) is 4.02. The summed E-state index contributed by atoms with van der Waals surface area (Å²) in [4.78, 5) is 35.4. The van der Waals surface area contributed by atoms with E-state index in [1.807, 2.05) is 0 Å². The topological polar surface area (TPSA) is 87.2 Å². The number of thioether (sulfide) groups is 1. The second-order valence-electron chi connectivity index (χ2n) is 7.47. The molecule has 7 nitrogen and oxygen atoms in total. The van der Waals surface area contributed by atoms with E-state index in [1.54, 1.807) is 55.7 Å². The zero-order chi connectivity index (χ0) is 24.7. The molecule has 0 fully saturated rings. The predicted molar refractivity (Wildman–Crippen MR) is 123 cm³/mol. The molecular formula is C23H22F3N5O2S. The molecule has 2 amide bonds. The van der Waals surface area contributed by atoms with Crippen molar-refractivity contribution < 1.29 is 22.8 Å². The average molecular weight is 490 g/mol. The number of amides is 2. The van der Waals surface area contributed by atoms with Crippen LogP contribution in [0.3, 0.4) is 0 Å². The van der Waals surface area contributed by atoms with E-state index in [-0.39, 0.29) is 23.7 Å². The lowest BCUT2D eigenvalue weighted by molar-refractivity contribution is -0.137. The van der Waals surface area contributed by atoms with Crippen LogP contribution in [-0.4, -0.2) is 47.3 Å². The molecule has 34 heavy (non-hydrogen) atoms. The lowest BCUT2D eigenvalue weighted by atomic mass is 10.2. The third kappa shape index (κ3) is 7.03.